The van der Waals surface area contributed by atoms with Crippen LogP contribution >= 0.6 is 0 Å². The lowest BCUT2D eigenvalue weighted by Crippen LogP contribution is -2.59. The van der Waals surface area contributed by atoms with Crippen LogP contribution in [0.15, 0.2) is 0 Å². The van der Waals surface area contributed by atoms with Gasteiger partial charge in [0.1, 0.15) is 0 Å². The molecule has 1 rings (SSSR count). The molecule has 0 saturated carbocycles. The maximum absolute atomic E-state index is 11.5. The number of hydrogen-bond acceptors (Lipinski definition) is 5. The molecule has 1 saturated heterocycles. The van der Waals surface area contributed by atoms with Crippen LogP contribution in [-0.2, 0) is 19.2 Å². The Morgan fingerprint density at radius 2 is 1.50 bits per heavy atom. The molecule has 3 unspecified atom stereocenters. The molecule has 1 aliphatic heterocycles. The summed E-state index contributed by atoms with van der Waals surface area (Å²) in [7, 11) is 0. The van der Waals surface area contributed by atoms with E-state index in [4.69, 9.17) is 0 Å². The number of piperidine rings is 1. The molecule has 1 heterocycles. The van der Waals surface area contributed by atoms with E-state index in [9.17, 15) is 19.2 Å². The molecule has 5 heteroatoms. The minimum atomic E-state index is -0.994. The molecular weight excluding hydrogens is 282 g/mol. The number of carbonyl (C=O) groups excluding carboxylic acids is 4. The van der Waals surface area contributed by atoms with Gasteiger partial charge in [0.05, 0.1) is 0 Å². The first-order chi connectivity index (χ1) is 10.2. The van der Waals surface area contributed by atoms with Gasteiger partial charge in [0.25, 0.3) is 0 Å². The Bertz CT molecular complexity index is 414. The molecule has 1 N–H and O–H groups in total. The van der Waals surface area contributed by atoms with E-state index in [-0.39, 0.29) is 23.4 Å². The first kappa shape index (κ1) is 18.7. The van der Waals surface area contributed by atoms with Crippen LogP contribution in [0.5, 0.6) is 0 Å². The highest BCUT2D eigenvalue weighted by Gasteiger charge is 2.44. The molecule has 5 nitrogen and oxygen atoms in total. The summed E-state index contributed by atoms with van der Waals surface area (Å²) in [6.45, 7) is 8.13. The SMILES string of the molecule is CC1(C)CC(C([C]=O)C([C]=O)C([C]=O)C[C]=O)CC(C)(C)N1. The molecule has 22 heavy (non-hydrogen) atoms. The third-order valence-electron chi connectivity index (χ3n) is 4.28. The normalized spacial score (nSPS) is 24.7. The highest BCUT2D eigenvalue weighted by atomic mass is 16.1. The van der Waals surface area contributed by atoms with Crippen molar-refractivity contribution in [2.75, 3.05) is 0 Å². The lowest BCUT2D eigenvalue weighted by atomic mass is 9.66. The van der Waals surface area contributed by atoms with Gasteiger partial charge in [0.15, 0.2) is 6.29 Å². The highest BCUT2D eigenvalue weighted by Crippen LogP contribution is 2.40. The molecule has 4 radical (unpaired) electrons. The average Bonchev–Trinajstić information content (AvgIpc) is 2.39. The molecule has 0 spiro atoms. The summed E-state index contributed by atoms with van der Waals surface area (Å²) in [6.07, 6.45) is 8.08. The number of rotatable bonds is 8. The Labute approximate surface area is 132 Å². The van der Waals surface area contributed by atoms with Gasteiger partial charge >= 0.3 is 0 Å². The lowest BCUT2D eigenvalue weighted by Gasteiger charge is -2.48. The highest BCUT2D eigenvalue weighted by molar-refractivity contribution is 5.74. The molecule has 120 valence electrons. The van der Waals surface area contributed by atoms with Crippen LogP contribution in [-0.4, -0.2) is 36.2 Å². The van der Waals surface area contributed by atoms with Crippen LogP contribution in [0.4, 0.5) is 0 Å². The summed E-state index contributed by atoms with van der Waals surface area (Å²) in [6, 6.07) is 0. The Balaban J connectivity index is 3.06. The van der Waals surface area contributed by atoms with E-state index in [0.29, 0.717) is 12.8 Å². The van der Waals surface area contributed by atoms with Crippen LogP contribution < -0.4 is 5.32 Å². The molecule has 0 aromatic carbocycles. The van der Waals surface area contributed by atoms with Gasteiger partial charge in [-0.05, 0) is 46.5 Å². The predicted molar refractivity (Wildman–Crippen MR) is 81.9 cm³/mol. The Hall–Kier alpha value is -1.36. The van der Waals surface area contributed by atoms with Gasteiger partial charge in [0, 0.05) is 35.3 Å². The van der Waals surface area contributed by atoms with E-state index in [1.165, 1.54) is 0 Å². The standard InChI is InChI=1S/C17H23NO4/c1-16(2)7-13(8-17(3,4)18-16)15(11-22)14(10-21)12(9-20)5-6-19/h12-15,18H,5,7-8H2,1-4H3. The summed E-state index contributed by atoms with van der Waals surface area (Å²) in [5.74, 6) is -2.86. The van der Waals surface area contributed by atoms with Crippen LogP contribution in [0.1, 0.15) is 47.0 Å². The summed E-state index contributed by atoms with van der Waals surface area (Å²) in [5.41, 5.74) is -0.405. The van der Waals surface area contributed by atoms with Gasteiger partial charge in [-0.1, -0.05) is 0 Å². The third-order valence-corrected chi connectivity index (χ3v) is 4.28. The molecule has 0 amide bonds. The van der Waals surface area contributed by atoms with Gasteiger partial charge in [-0.25, -0.2) is 0 Å². The monoisotopic (exact) mass is 305 g/mol. The molecule has 0 aliphatic carbocycles. The fourth-order valence-corrected chi connectivity index (χ4v) is 3.86. The predicted octanol–water partition coefficient (Wildman–Crippen LogP) is 1.22. The Morgan fingerprint density at radius 1 is 0.955 bits per heavy atom. The summed E-state index contributed by atoms with van der Waals surface area (Å²) < 4.78 is 0. The second-order valence-corrected chi connectivity index (χ2v) is 7.42. The fraction of sp³-hybridized carbons (Fsp3) is 0.765. The second kappa shape index (κ2) is 7.27. The van der Waals surface area contributed by atoms with Gasteiger partial charge in [-0.3, -0.25) is 19.2 Å². The largest absolute Gasteiger partial charge is 0.307 e. The van der Waals surface area contributed by atoms with Crippen LogP contribution in [0.3, 0.4) is 0 Å². The van der Waals surface area contributed by atoms with Gasteiger partial charge < -0.3 is 5.32 Å². The topological polar surface area (TPSA) is 80.3 Å². The first-order valence-corrected chi connectivity index (χ1v) is 7.47. The van der Waals surface area contributed by atoms with Crippen molar-refractivity contribution in [1.82, 2.24) is 5.32 Å². The summed E-state index contributed by atoms with van der Waals surface area (Å²) in [4.78, 5) is 44.4. The molecule has 1 aliphatic rings. The van der Waals surface area contributed by atoms with E-state index >= 15 is 0 Å². The molecular formula is C17H23NO4. The fourth-order valence-electron chi connectivity index (χ4n) is 3.86. The molecule has 0 bridgehead atoms. The maximum atomic E-state index is 11.5. The van der Waals surface area contributed by atoms with Crippen molar-refractivity contribution in [3.8, 4) is 0 Å². The van der Waals surface area contributed by atoms with E-state index in [1.807, 2.05) is 34.0 Å². The summed E-state index contributed by atoms with van der Waals surface area (Å²) >= 11 is 0. The zero-order valence-electron chi connectivity index (χ0n) is 13.6. The maximum Gasteiger partial charge on any atom is 0.203 e. The van der Waals surface area contributed by atoms with Crippen molar-refractivity contribution in [3.05, 3.63) is 0 Å². The first-order valence-electron chi connectivity index (χ1n) is 7.47. The van der Waals surface area contributed by atoms with Crippen molar-refractivity contribution in [2.45, 2.75) is 58.0 Å². The van der Waals surface area contributed by atoms with Gasteiger partial charge in [-0.2, -0.15) is 0 Å². The zero-order valence-corrected chi connectivity index (χ0v) is 13.6. The van der Waals surface area contributed by atoms with Crippen molar-refractivity contribution in [3.63, 3.8) is 0 Å². The second-order valence-electron chi connectivity index (χ2n) is 7.42. The average molecular weight is 305 g/mol. The number of nitrogens with one attached hydrogen (secondary N) is 1. The zero-order chi connectivity index (χ0) is 17.0. The van der Waals surface area contributed by atoms with Crippen molar-refractivity contribution in [1.29, 1.82) is 0 Å². The Morgan fingerprint density at radius 3 is 1.86 bits per heavy atom. The van der Waals surface area contributed by atoms with E-state index in [2.05, 4.69) is 5.32 Å². The molecule has 1 fully saturated rings. The minimum absolute atomic E-state index is 0.113. The smallest absolute Gasteiger partial charge is 0.203 e. The van der Waals surface area contributed by atoms with Crippen LogP contribution in [0, 0.1) is 23.7 Å². The van der Waals surface area contributed by atoms with Crippen molar-refractivity contribution >= 4 is 25.1 Å². The lowest BCUT2D eigenvalue weighted by molar-refractivity contribution is 0.0960. The molecule has 0 aromatic heterocycles. The minimum Gasteiger partial charge on any atom is -0.307 e. The quantitative estimate of drug-likeness (QED) is 0.729. The third kappa shape index (κ3) is 4.57. The van der Waals surface area contributed by atoms with E-state index in [0.717, 1.165) is 0 Å². The van der Waals surface area contributed by atoms with Crippen LogP contribution in [0.25, 0.3) is 0 Å². The van der Waals surface area contributed by atoms with Crippen LogP contribution in [0.2, 0.25) is 0 Å². The Kier molecular flexibility index (Phi) is 6.17. The summed E-state index contributed by atoms with van der Waals surface area (Å²) in [5, 5.41) is 3.50. The van der Waals surface area contributed by atoms with E-state index < -0.39 is 17.8 Å². The molecule has 0 aromatic rings. The van der Waals surface area contributed by atoms with E-state index in [1.54, 1.807) is 18.9 Å². The van der Waals surface area contributed by atoms with Gasteiger partial charge in [0.2, 0.25) is 18.9 Å². The molecule has 3 atom stereocenters. The van der Waals surface area contributed by atoms with Gasteiger partial charge in [-0.15, -0.1) is 0 Å². The number of hydrogen-bond donors (Lipinski definition) is 1. The van der Waals surface area contributed by atoms with Crippen molar-refractivity contribution < 1.29 is 19.2 Å². The van der Waals surface area contributed by atoms with Crippen molar-refractivity contribution in [2.24, 2.45) is 23.7 Å².